The van der Waals surface area contributed by atoms with Gasteiger partial charge in [-0.2, -0.15) is 4.98 Å². The maximum atomic E-state index is 12.4. The number of H-pyrrole nitrogens is 1. The molecule has 0 atom stereocenters. The lowest BCUT2D eigenvalue weighted by atomic mass is 10.1. The van der Waals surface area contributed by atoms with E-state index in [-0.39, 0.29) is 5.95 Å². The average molecular weight is 443 g/mol. The van der Waals surface area contributed by atoms with Crippen molar-refractivity contribution in [3.63, 3.8) is 0 Å². The van der Waals surface area contributed by atoms with Crippen LogP contribution in [0.25, 0.3) is 11.3 Å². The summed E-state index contributed by atoms with van der Waals surface area (Å²) in [5.41, 5.74) is 8.44. The molecule has 4 rings (SSSR count). The molecule has 2 heterocycles. The van der Waals surface area contributed by atoms with Gasteiger partial charge in [-0.05, 0) is 24.3 Å². The molecule has 5 N–H and O–H groups in total. The highest BCUT2D eigenvalue weighted by atomic mass is 32.2. The van der Waals surface area contributed by atoms with Crippen molar-refractivity contribution < 1.29 is 4.79 Å². The molecule has 10 heteroatoms. The first kappa shape index (κ1) is 20.9. The number of carbonyl (C=O) groups is 1. The minimum Gasteiger partial charge on any atom is -0.368 e. The number of urea groups is 1. The summed E-state index contributed by atoms with van der Waals surface area (Å²) in [6, 6.07) is 20.0. The van der Waals surface area contributed by atoms with Crippen molar-refractivity contribution in [2.24, 2.45) is 0 Å². The molecule has 0 spiro atoms. The number of amides is 2. The number of hydrogen-bond acceptors (Lipinski definition) is 7. The zero-order valence-electron chi connectivity index (χ0n) is 16.7. The maximum absolute atomic E-state index is 12.4. The SMILES string of the molecule is Nc1nc(SCC#Cc2ccccc2NC(=O)Nc2ccc(-c3ccccc3)nn2)n[nH]1. The lowest BCUT2D eigenvalue weighted by Gasteiger charge is -2.09. The van der Waals surface area contributed by atoms with Crippen LogP contribution in [0.4, 0.5) is 22.2 Å². The summed E-state index contributed by atoms with van der Waals surface area (Å²) in [5.74, 6) is 7.15. The highest BCUT2D eigenvalue weighted by molar-refractivity contribution is 7.99. The fourth-order valence-electron chi connectivity index (χ4n) is 2.69. The number of benzene rings is 2. The van der Waals surface area contributed by atoms with E-state index in [1.807, 2.05) is 48.5 Å². The Hall–Kier alpha value is -4.36. The molecule has 0 saturated carbocycles. The Labute approximate surface area is 188 Å². The van der Waals surface area contributed by atoms with Gasteiger partial charge >= 0.3 is 6.03 Å². The quantitative estimate of drug-likeness (QED) is 0.274. The Morgan fingerprint density at radius 1 is 1.00 bits per heavy atom. The van der Waals surface area contributed by atoms with E-state index in [4.69, 9.17) is 5.73 Å². The molecular weight excluding hydrogens is 424 g/mol. The summed E-state index contributed by atoms with van der Waals surface area (Å²) in [6.45, 7) is 0. The van der Waals surface area contributed by atoms with Gasteiger partial charge in [-0.3, -0.25) is 5.32 Å². The van der Waals surface area contributed by atoms with Gasteiger partial charge in [0, 0.05) is 11.1 Å². The number of carbonyl (C=O) groups excluding carboxylic acids is 1. The molecule has 0 bridgehead atoms. The molecule has 2 amide bonds. The molecule has 0 aliphatic heterocycles. The topological polar surface area (TPSA) is 134 Å². The third-order valence-corrected chi connectivity index (χ3v) is 4.86. The van der Waals surface area contributed by atoms with Crippen LogP contribution in [0.3, 0.4) is 0 Å². The van der Waals surface area contributed by atoms with Crippen LogP contribution in [0.5, 0.6) is 0 Å². The Balaban J connectivity index is 1.36. The smallest absolute Gasteiger partial charge is 0.324 e. The second-order valence-corrected chi connectivity index (χ2v) is 7.33. The minimum absolute atomic E-state index is 0.264. The van der Waals surface area contributed by atoms with E-state index in [9.17, 15) is 4.79 Å². The monoisotopic (exact) mass is 442 g/mol. The highest BCUT2D eigenvalue weighted by Crippen LogP contribution is 2.18. The van der Waals surface area contributed by atoms with Crippen LogP contribution in [0.1, 0.15) is 5.56 Å². The van der Waals surface area contributed by atoms with Crippen molar-refractivity contribution in [3.05, 3.63) is 72.3 Å². The van der Waals surface area contributed by atoms with Crippen molar-refractivity contribution in [1.29, 1.82) is 0 Å². The molecule has 158 valence electrons. The summed E-state index contributed by atoms with van der Waals surface area (Å²) >= 11 is 1.36. The molecule has 0 saturated heterocycles. The van der Waals surface area contributed by atoms with Gasteiger partial charge < -0.3 is 11.1 Å². The molecule has 0 unspecified atom stereocenters. The summed E-state index contributed by atoms with van der Waals surface area (Å²) in [4.78, 5) is 16.4. The van der Waals surface area contributed by atoms with E-state index in [0.29, 0.717) is 28.0 Å². The molecule has 4 aromatic rings. The highest BCUT2D eigenvalue weighted by Gasteiger charge is 2.08. The van der Waals surface area contributed by atoms with Crippen LogP contribution >= 0.6 is 11.8 Å². The standard InChI is InChI=1S/C22H18N8OS/c23-20-26-22(30-29-20)32-14-6-10-15-9-4-5-11-17(15)24-21(31)25-19-13-12-18(27-28-19)16-7-2-1-3-8-16/h1-5,7-9,11-13H,14H2,(H3,23,26,29,30)(H2,24,25,28,31). The number of nitrogens with one attached hydrogen (secondary N) is 3. The van der Waals surface area contributed by atoms with Crippen LogP contribution in [0.2, 0.25) is 0 Å². The number of aromatic amines is 1. The van der Waals surface area contributed by atoms with Crippen LogP contribution in [-0.4, -0.2) is 37.2 Å². The molecular formula is C22H18N8OS. The van der Waals surface area contributed by atoms with Crippen LogP contribution in [0, 0.1) is 11.8 Å². The van der Waals surface area contributed by atoms with Crippen molar-refractivity contribution in [3.8, 4) is 23.1 Å². The van der Waals surface area contributed by atoms with E-state index in [0.717, 1.165) is 11.3 Å². The largest absolute Gasteiger partial charge is 0.368 e. The van der Waals surface area contributed by atoms with E-state index >= 15 is 0 Å². The van der Waals surface area contributed by atoms with Gasteiger partial charge in [0.25, 0.3) is 0 Å². The van der Waals surface area contributed by atoms with Gasteiger partial charge in [-0.15, -0.1) is 15.3 Å². The third kappa shape index (κ3) is 5.62. The van der Waals surface area contributed by atoms with Crippen molar-refractivity contribution in [2.75, 3.05) is 22.1 Å². The van der Waals surface area contributed by atoms with Crippen LogP contribution in [0.15, 0.2) is 71.9 Å². The summed E-state index contributed by atoms with van der Waals surface area (Å²) in [5, 5.41) is 20.8. The second kappa shape index (κ2) is 10.1. The second-order valence-electron chi connectivity index (χ2n) is 6.39. The maximum Gasteiger partial charge on any atom is 0.324 e. The number of anilines is 3. The number of rotatable bonds is 5. The van der Waals surface area contributed by atoms with E-state index < -0.39 is 6.03 Å². The minimum atomic E-state index is -0.438. The molecule has 2 aromatic carbocycles. The number of nitrogen functional groups attached to an aromatic ring is 1. The fraction of sp³-hybridized carbons (Fsp3) is 0.0455. The molecule has 0 aliphatic carbocycles. The molecule has 2 aromatic heterocycles. The first-order valence-corrected chi connectivity index (χ1v) is 10.5. The Morgan fingerprint density at radius 3 is 2.56 bits per heavy atom. The predicted octanol–water partition coefficient (Wildman–Crippen LogP) is 3.63. The van der Waals surface area contributed by atoms with Crippen molar-refractivity contribution in [2.45, 2.75) is 5.16 Å². The van der Waals surface area contributed by atoms with Gasteiger partial charge in [0.15, 0.2) is 5.82 Å². The zero-order chi connectivity index (χ0) is 22.2. The fourth-order valence-corrected chi connectivity index (χ4v) is 3.23. The normalized spacial score (nSPS) is 10.1. The van der Waals surface area contributed by atoms with E-state index in [1.165, 1.54) is 11.8 Å². The Bertz CT molecular complexity index is 1260. The van der Waals surface area contributed by atoms with E-state index in [2.05, 4.69) is 47.9 Å². The molecule has 9 nitrogen and oxygen atoms in total. The number of para-hydroxylation sites is 1. The third-order valence-electron chi connectivity index (χ3n) is 4.13. The average Bonchev–Trinajstić information content (AvgIpc) is 3.24. The van der Waals surface area contributed by atoms with Crippen molar-refractivity contribution >= 4 is 35.2 Å². The Kier molecular flexibility index (Phi) is 6.60. The zero-order valence-corrected chi connectivity index (χ0v) is 17.6. The van der Waals surface area contributed by atoms with E-state index in [1.54, 1.807) is 18.2 Å². The van der Waals surface area contributed by atoms with Gasteiger partial charge in [0.05, 0.1) is 17.1 Å². The molecule has 32 heavy (non-hydrogen) atoms. The lowest BCUT2D eigenvalue weighted by Crippen LogP contribution is -2.20. The lowest BCUT2D eigenvalue weighted by molar-refractivity contribution is 0.262. The molecule has 0 radical (unpaired) electrons. The van der Waals surface area contributed by atoms with Crippen LogP contribution in [-0.2, 0) is 0 Å². The molecule has 0 fully saturated rings. The number of thioether (sulfide) groups is 1. The Morgan fingerprint density at radius 2 is 1.81 bits per heavy atom. The van der Waals surface area contributed by atoms with Crippen molar-refractivity contribution in [1.82, 2.24) is 25.4 Å². The number of hydrogen-bond donors (Lipinski definition) is 4. The summed E-state index contributed by atoms with van der Waals surface area (Å²) in [6.07, 6.45) is 0. The van der Waals surface area contributed by atoms with Gasteiger partial charge in [-0.25, -0.2) is 9.89 Å². The first-order chi connectivity index (χ1) is 15.7. The predicted molar refractivity (Wildman–Crippen MR) is 125 cm³/mol. The van der Waals surface area contributed by atoms with Gasteiger partial charge in [-0.1, -0.05) is 66.1 Å². The molecule has 0 aliphatic rings. The van der Waals surface area contributed by atoms with Crippen LogP contribution < -0.4 is 16.4 Å². The van der Waals surface area contributed by atoms with Gasteiger partial charge in [0.2, 0.25) is 11.1 Å². The first-order valence-electron chi connectivity index (χ1n) is 9.53. The number of nitrogens with two attached hydrogens (primary N) is 1. The number of nitrogens with zero attached hydrogens (tertiary/aromatic N) is 4. The summed E-state index contributed by atoms with van der Waals surface area (Å²) in [7, 11) is 0. The van der Waals surface area contributed by atoms with Gasteiger partial charge in [0.1, 0.15) is 0 Å². The summed E-state index contributed by atoms with van der Waals surface area (Å²) < 4.78 is 0. The number of aromatic nitrogens is 5.